The minimum Gasteiger partial charge on any atom is -0.481 e. The van der Waals surface area contributed by atoms with Gasteiger partial charge in [0.15, 0.2) is 6.79 Å². The fourth-order valence-electron chi connectivity index (χ4n) is 2.54. The van der Waals surface area contributed by atoms with Crippen LogP contribution in [-0.4, -0.2) is 54.2 Å². The molecular formula is C19H22N6O4. The number of anilines is 2. The van der Waals surface area contributed by atoms with Crippen LogP contribution in [0.3, 0.4) is 0 Å². The smallest absolute Gasteiger partial charge is 0.223 e. The summed E-state index contributed by atoms with van der Waals surface area (Å²) in [5.41, 5.74) is 14.2. The highest BCUT2D eigenvalue weighted by molar-refractivity contribution is 5.75. The van der Waals surface area contributed by atoms with Gasteiger partial charge < -0.3 is 30.4 Å². The molecule has 0 saturated carbocycles. The van der Waals surface area contributed by atoms with Crippen LogP contribution >= 0.6 is 0 Å². The lowest BCUT2D eigenvalue weighted by molar-refractivity contribution is -0.00822. The highest BCUT2D eigenvalue weighted by atomic mass is 16.7. The lowest BCUT2D eigenvalue weighted by Gasteiger charge is -2.14. The fraction of sp³-hybridized carbons (Fsp3) is 0.263. The molecule has 1 aromatic carbocycles. The van der Waals surface area contributed by atoms with Crippen molar-refractivity contribution in [2.75, 3.05) is 45.7 Å². The number of nitrogens with two attached hydrogens (primary N) is 2. The molecule has 0 spiro atoms. The van der Waals surface area contributed by atoms with E-state index in [0.717, 1.165) is 5.56 Å². The molecule has 2 heterocycles. The Balaban J connectivity index is 1.98. The highest BCUT2D eigenvalue weighted by Gasteiger charge is 2.14. The number of methoxy groups -OCH3 is 2. The van der Waals surface area contributed by atoms with Crippen LogP contribution in [0.1, 0.15) is 0 Å². The average molecular weight is 398 g/mol. The van der Waals surface area contributed by atoms with Crippen molar-refractivity contribution in [3.05, 3.63) is 36.5 Å². The molecule has 0 atom stereocenters. The molecule has 0 aliphatic heterocycles. The third-order valence-electron chi connectivity index (χ3n) is 3.88. The Kier molecular flexibility index (Phi) is 6.72. The van der Waals surface area contributed by atoms with Gasteiger partial charge in [-0.3, -0.25) is 0 Å². The standard InChI is InChI=1S/C19H22N6O4/c1-26-7-8-28-11-29-16-4-3-12(14-5-6-22-18(20)23-14)9-13(16)15-10-17(27-2)25-19(21)24-15/h3-6,9-10H,7-8,11H2,1-2H3,(H2,20,22,23)(H2,21,24,25). The number of rotatable bonds is 9. The maximum Gasteiger partial charge on any atom is 0.223 e. The van der Waals surface area contributed by atoms with E-state index in [1.54, 1.807) is 31.5 Å². The van der Waals surface area contributed by atoms with E-state index in [2.05, 4.69) is 19.9 Å². The maximum atomic E-state index is 5.83. The van der Waals surface area contributed by atoms with Crippen LogP contribution in [-0.2, 0) is 9.47 Å². The minimum atomic E-state index is 0.0495. The molecular weight excluding hydrogens is 376 g/mol. The van der Waals surface area contributed by atoms with E-state index in [4.69, 9.17) is 30.4 Å². The van der Waals surface area contributed by atoms with Crippen molar-refractivity contribution in [2.24, 2.45) is 0 Å². The predicted octanol–water partition coefficient (Wildman–Crippen LogP) is 1.77. The van der Waals surface area contributed by atoms with Crippen LogP contribution in [0.4, 0.5) is 11.9 Å². The van der Waals surface area contributed by atoms with Crippen LogP contribution in [0.15, 0.2) is 36.5 Å². The van der Waals surface area contributed by atoms with E-state index >= 15 is 0 Å². The van der Waals surface area contributed by atoms with E-state index in [1.165, 1.54) is 7.11 Å². The number of hydrogen-bond acceptors (Lipinski definition) is 10. The lowest BCUT2D eigenvalue weighted by Crippen LogP contribution is -2.08. The molecule has 0 aliphatic carbocycles. The van der Waals surface area contributed by atoms with Crippen molar-refractivity contribution in [3.63, 3.8) is 0 Å². The molecule has 0 amide bonds. The number of hydrogen-bond donors (Lipinski definition) is 2. The lowest BCUT2D eigenvalue weighted by atomic mass is 10.0. The van der Waals surface area contributed by atoms with Gasteiger partial charge in [0.2, 0.25) is 17.8 Å². The number of nitrogens with zero attached hydrogens (tertiary/aromatic N) is 4. The van der Waals surface area contributed by atoms with E-state index in [1.807, 2.05) is 12.1 Å². The van der Waals surface area contributed by atoms with Gasteiger partial charge in [0.25, 0.3) is 0 Å². The van der Waals surface area contributed by atoms with Crippen LogP contribution in [0.5, 0.6) is 11.6 Å². The molecule has 3 aromatic rings. The molecule has 0 radical (unpaired) electrons. The Bertz CT molecular complexity index is 969. The molecule has 152 valence electrons. The quantitative estimate of drug-likeness (QED) is 0.404. The van der Waals surface area contributed by atoms with Crippen molar-refractivity contribution >= 4 is 11.9 Å². The van der Waals surface area contributed by atoms with Gasteiger partial charge in [-0.25, -0.2) is 15.0 Å². The fourth-order valence-corrected chi connectivity index (χ4v) is 2.54. The van der Waals surface area contributed by atoms with Gasteiger partial charge in [0.05, 0.1) is 31.7 Å². The van der Waals surface area contributed by atoms with E-state index in [9.17, 15) is 0 Å². The summed E-state index contributed by atoms with van der Waals surface area (Å²) < 4.78 is 21.3. The van der Waals surface area contributed by atoms with E-state index < -0.39 is 0 Å². The molecule has 0 saturated heterocycles. The maximum absolute atomic E-state index is 5.83. The van der Waals surface area contributed by atoms with Gasteiger partial charge in [-0.2, -0.15) is 4.98 Å². The molecule has 0 fully saturated rings. The van der Waals surface area contributed by atoms with Crippen molar-refractivity contribution in [1.29, 1.82) is 0 Å². The van der Waals surface area contributed by atoms with Gasteiger partial charge in [0.1, 0.15) is 5.75 Å². The molecule has 29 heavy (non-hydrogen) atoms. The SMILES string of the molecule is COCCOCOc1ccc(-c2ccnc(N)n2)cc1-c1cc(OC)nc(N)n1. The molecule has 2 aromatic heterocycles. The molecule has 10 nitrogen and oxygen atoms in total. The molecule has 4 N–H and O–H groups in total. The molecule has 0 unspecified atom stereocenters. The first kappa shape index (κ1) is 20.2. The molecule has 10 heteroatoms. The van der Waals surface area contributed by atoms with Crippen molar-refractivity contribution in [2.45, 2.75) is 0 Å². The third-order valence-corrected chi connectivity index (χ3v) is 3.88. The summed E-state index contributed by atoms with van der Waals surface area (Å²) >= 11 is 0. The van der Waals surface area contributed by atoms with E-state index in [0.29, 0.717) is 41.8 Å². The van der Waals surface area contributed by atoms with Gasteiger partial charge >= 0.3 is 0 Å². The Morgan fingerprint density at radius 3 is 2.48 bits per heavy atom. The van der Waals surface area contributed by atoms with Crippen LogP contribution in [0, 0.1) is 0 Å². The molecule has 3 rings (SSSR count). The topological polar surface area (TPSA) is 141 Å². The largest absolute Gasteiger partial charge is 0.481 e. The first-order chi connectivity index (χ1) is 14.1. The number of nitrogen functional groups attached to an aromatic ring is 2. The Labute approximate surface area is 167 Å². The second-order valence-electron chi connectivity index (χ2n) is 5.83. The summed E-state index contributed by atoms with van der Waals surface area (Å²) in [6.07, 6.45) is 1.59. The van der Waals surface area contributed by atoms with Crippen LogP contribution in [0.25, 0.3) is 22.5 Å². The average Bonchev–Trinajstić information content (AvgIpc) is 2.73. The number of benzene rings is 1. The summed E-state index contributed by atoms with van der Waals surface area (Å²) in [4.78, 5) is 16.5. The molecule has 0 aliphatic rings. The number of aromatic nitrogens is 4. The molecule has 0 bridgehead atoms. The zero-order valence-electron chi connectivity index (χ0n) is 16.2. The summed E-state index contributed by atoms with van der Waals surface area (Å²) in [6.45, 7) is 0.941. The van der Waals surface area contributed by atoms with Gasteiger partial charge in [-0.15, -0.1) is 0 Å². The normalized spacial score (nSPS) is 10.7. The van der Waals surface area contributed by atoms with Crippen molar-refractivity contribution in [1.82, 2.24) is 19.9 Å². The second kappa shape index (κ2) is 9.62. The Morgan fingerprint density at radius 2 is 1.72 bits per heavy atom. The summed E-state index contributed by atoms with van der Waals surface area (Å²) in [5, 5.41) is 0. The second-order valence-corrected chi connectivity index (χ2v) is 5.83. The minimum absolute atomic E-state index is 0.0495. The zero-order valence-corrected chi connectivity index (χ0v) is 16.2. The first-order valence-corrected chi connectivity index (χ1v) is 8.72. The van der Waals surface area contributed by atoms with Crippen LogP contribution < -0.4 is 20.9 Å². The van der Waals surface area contributed by atoms with Gasteiger partial charge in [-0.1, -0.05) is 0 Å². The van der Waals surface area contributed by atoms with Gasteiger partial charge in [0, 0.05) is 30.5 Å². The summed E-state index contributed by atoms with van der Waals surface area (Å²) in [5.74, 6) is 1.15. The van der Waals surface area contributed by atoms with Gasteiger partial charge in [-0.05, 0) is 24.3 Å². The zero-order chi connectivity index (χ0) is 20.6. The Hall–Kier alpha value is -3.50. The first-order valence-electron chi connectivity index (χ1n) is 8.72. The van der Waals surface area contributed by atoms with Crippen LogP contribution in [0.2, 0.25) is 0 Å². The van der Waals surface area contributed by atoms with E-state index in [-0.39, 0.29) is 18.7 Å². The Morgan fingerprint density at radius 1 is 0.897 bits per heavy atom. The monoisotopic (exact) mass is 398 g/mol. The third kappa shape index (κ3) is 5.27. The van der Waals surface area contributed by atoms with Crippen molar-refractivity contribution < 1.29 is 18.9 Å². The highest BCUT2D eigenvalue weighted by Crippen LogP contribution is 2.34. The predicted molar refractivity (Wildman–Crippen MR) is 107 cm³/mol. The number of ether oxygens (including phenoxy) is 4. The van der Waals surface area contributed by atoms with Crippen molar-refractivity contribution in [3.8, 4) is 34.1 Å². The summed E-state index contributed by atoms with van der Waals surface area (Å²) in [7, 11) is 3.11. The summed E-state index contributed by atoms with van der Waals surface area (Å²) in [6, 6.07) is 8.96.